The summed E-state index contributed by atoms with van der Waals surface area (Å²) in [4.78, 5) is 49.7. The van der Waals surface area contributed by atoms with Gasteiger partial charge in [-0.15, -0.1) is 0 Å². The molecule has 3 aromatic rings. The number of benzene rings is 2. The minimum atomic E-state index is -4.32. The van der Waals surface area contributed by atoms with Crippen molar-refractivity contribution in [3.63, 3.8) is 0 Å². The van der Waals surface area contributed by atoms with Gasteiger partial charge in [0.15, 0.2) is 27.4 Å². The van der Waals surface area contributed by atoms with E-state index in [1.54, 1.807) is 42.5 Å². The van der Waals surface area contributed by atoms with Crippen molar-refractivity contribution in [2.45, 2.75) is 29.2 Å². The molecule has 3 aliphatic heterocycles. The SMILES string of the molecule is CN1CCN(C(=O)OC[C@@]2(C)[C@H](C(=O)OC(c3ccccc3)c3ccccc3)N3C(=O)C(=Cc4ccccn4)[C@H]3S2(=O)=O)CC1. The molecule has 3 aliphatic rings. The number of amides is 2. The first-order chi connectivity index (χ1) is 21.6. The first kappa shape index (κ1) is 30.5. The maximum absolute atomic E-state index is 14.3. The van der Waals surface area contributed by atoms with Crippen LogP contribution < -0.4 is 0 Å². The van der Waals surface area contributed by atoms with Crippen molar-refractivity contribution in [3.05, 3.63) is 107 Å². The molecule has 11 nitrogen and oxygen atoms in total. The van der Waals surface area contributed by atoms with Crippen molar-refractivity contribution in [2.75, 3.05) is 39.8 Å². The van der Waals surface area contributed by atoms with Crippen LogP contribution in [-0.4, -0.2) is 102 Å². The summed E-state index contributed by atoms with van der Waals surface area (Å²) in [5, 5.41) is -1.43. The molecule has 0 spiro atoms. The van der Waals surface area contributed by atoms with E-state index < -0.39 is 56.7 Å². The van der Waals surface area contributed by atoms with Crippen LogP contribution in [0.4, 0.5) is 4.79 Å². The van der Waals surface area contributed by atoms with E-state index in [0.29, 0.717) is 43.0 Å². The summed E-state index contributed by atoms with van der Waals surface area (Å²) in [7, 11) is -2.38. The molecular weight excluding hydrogens is 596 g/mol. The number of hydrogen-bond donors (Lipinski definition) is 0. The molecule has 12 heteroatoms. The predicted octanol–water partition coefficient (Wildman–Crippen LogP) is 2.91. The first-order valence-corrected chi connectivity index (χ1v) is 16.3. The number of rotatable bonds is 7. The van der Waals surface area contributed by atoms with E-state index in [-0.39, 0.29) is 5.57 Å². The van der Waals surface area contributed by atoms with E-state index in [4.69, 9.17) is 9.47 Å². The van der Waals surface area contributed by atoms with Gasteiger partial charge < -0.3 is 24.2 Å². The number of aromatic nitrogens is 1. The lowest BCUT2D eigenvalue weighted by molar-refractivity contribution is -0.161. The fourth-order valence-electron chi connectivity index (χ4n) is 6.05. The number of esters is 1. The van der Waals surface area contributed by atoms with Crippen LogP contribution in [0.5, 0.6) is 0 Å². The molecule has 2 amide bonds. The van der Waals surface area contributed by atoms with Gasteiger partial charge in [0.2, 0.25) is 0 Å². The molecule has 6 rings (SSSR count). The number of β-lactam (4-membered cyclic amide) rings is 1. The number of fused-ring (bicyclic) bond motifs is 1. The van der Waals surface area contributed by atoms with Gasteiger partial charge >= 0.3 is 12.1 Å². The van der Waals surface area contributed by atoms with Gasteiger partial charge in [0.05, 0.1) is 11.3 Å². The Morgan fingerprint density at radius 3 is 2.13 bits per heavy atom. The van der Waals surface area contributed by atoms with Crippen molar-refractivity contribution >= 4 is 33.9 Å². The minimum absolute atomic E-state index is 0.0108. The van der Waals surface area contributed by atoms with Crippen molar-refractivity contribution in [3.8, 4) is 0 Å². The summed E-state index contributed by atoms with van der Waals surface area (Å²) < 4.78 is 38.4. The third-order valence-corrected chi connectivity index (χ3v) is 11.4. The van der Waals surface area contributed by atoms with E-state index in [0.717, 1.165) is 4.90 Å². The second kappa shape index (κ2) is 12.1. The fraction of sp³-hybridized carbons (Fsp3) is 0.333. The van der Waals surface area contributed by atoms with E-state index in [2.05, 4.69) is 9.88 Å². The van der Waals surface area contributed by atoms with Gasteiger partial charge in [-0.05, 0) is 43.3 Å². The molecule has 3 atom stereocenters. The Morgan fingerprint density at radius 2 is 1.56 bits per heavy atom. The average molecular weight is 631 g/mol. The van der Waals surface area contributed by atoms with Crippen LogP contribution in [0.3, 0.4) is 0 Å². The highest BCUT2D eigenvalue weighted by Gasteiger charge is 2.73. The summed E-state index contributed by atoms with van der Waals surface area (Å²) in [6.45, 7) is 2.83. The Hall–Kier alpha value is -4.55. The van der Waals surface area contributed by atoms with Crippen LogP contribution in [-0.2, 0) is 28.9 Å². The second-order valence-electron chi connectivity index (χ2n) is 11.7. The zero-order chi connectivity index (χ0) is 31.8. The van der Waals surface area contributed by atoms with Gasteiger partial charge in [-0.3, -0.25) is 9.78 Å². The zero-order valence-electron chi connectivity index (χ0n) is 25.0. The fourth-order valence-corrected chi connectivity index (χ4v) is 8.32. The standard InChI is InChI=1S/C33H34N4O7S/c1-33(22-43-32(40)36-19-17-35(2)18-20-36)28(31(39)44-27(23-11-5-3-6-12-23)24-13-7-4-8-14-24)37-29(38)26(30(37)45(33,41)42)21-25-15-9-10-16-34-25/h3-16,21,27-28,30H,17-20,22H2,1-2H3/t28-,30+,33-/m0/s1. The molecule has 3 saturated heterocycles. The van der Waals surface area contributed by atoms with Gasteiger partial charge in [0, 0.05) is 32.4 Å². The largest absolute Gasteiger partial charge is 0.451 e. The summed E-state index contributed by atoms with van der Waals surface area (Å²) in [6.07, 6.45) is 1.40. The summed E-state index contributed by atoms with van der Waals surface area (Å²) >= 11 is 0. The minimum Gasteiger partial charge on any atom is -0.451 e. The van der Waals surface area contributed by atoms with E-state index in [1.807, 2.05) is 43.4 Å². The molecule has 1 aromatic heterocycles. The first-order valence-electron chi connectivity index (χ1n) is 14.7. The van der Waals surface area contributed by atoms with Gasteiger partial charge in [0.1, 0.15) is 11.4 Å². The van der Waals surface area contributed by atoms with Crippen molar-refractivity contribution in [1.82, 2.24) is 19.7 Å². The molecule has 2 aromatic carbocycles. The van der Waals surface area contributed by atoms with Crippen LogP contribution in [0.15, 0.2) is 90.6 Å². The third-order valence-electron chi connectivity index (χ3n) is 8.70. The van der Waals surface area contributed by atoms with Crippen LogP contribution in [0, 0.1) is 0 Å². The Morgan fingerprint density at radius 1 is 0.956 bits per heavy atom. The number of pyridine rings is 1. The topological polar surface area (TPSA) is 126 Å². The van der Waals surface area contributed by atoms with Crippen molar-refractivity contribution in [2.24, 2.45) is 0 Å². The molecule has 0 N–H and O–H groups in total. The highest BCUT2D eigenvalue weighted by molar-refractivity contribution is 7.94. The number of sulfone groups is 1. The monoisotopic (exact) mass is 630 g/mol. The molecule has 45 heavy (non-hydrogen) atoms. The molecule has 0 unspecified atom stereocenters. The summed E-state index contributed by atoms with van der Waals surface area (Å²) in [5.74, 6) is -1.54. The number of carbonyl (C=O) groups excluding carboxylic acids is 3. The van der Waals surface area contributed by atoms with Crippen molar-refractivity contribution in [1.29, 1.82) is 0 Å². The molecule has 3 fully saturated rings. The normalized spacial score (nSPS) is 25.1. The van der Waals surface area contributed by atoms with Gasteiger partial charge in [0.25, 0.3) is 5.91 Å². The Bertz CT molecular complexity index is 1670. The number of hydrogen-bond acceptors (Lipinski definition) is 9. The Labute approximate surface area is 262 Å². The maximum atomic E-state index is 14.3. The number of carbonyl (C=O) groups is 3. The lowest BCUT2D eigenvalue weighted by Crippen LogP contribution is -2.60. The highest BCUT2D eigenvalue weighted by atomic mass is 32.2. The van der Waals surface area contributed by atoms with Gasteiger partial charge in [-0.2, -0.15) is 0 Å². The molecule has 4 heterocycles. The zero-order valence-corrected chi connectivity index (χ0v) is 25.8. The van der Waals surface area contributed by atoms with E-state index >= 15 is 0 Å². The van der Waals surface area contributed by atoms with E-state index in [1.165, 1.54) is 24.1 Å². The van der Waals surface area contributed by atoms with Crippen LogP contribution in [0.2, 0.25) is 0 Å². The number of likely N-dealkylation sites (N-methyl/N-ethyl adjacent to an activating group) is 1. The lowest BCUT2D eigenvalue weighted by Gasteiger charge is -2.39. The van der Waals surface area contributed by atoms with E-state index in [9.17, 15) is 22.8 Å². The smallest absolute Gasteiger partial charge is 0.409 e. The van der Waals surface area contributed by atoms with Crippen LogP contribution in [0.1, 0.15) is 29.8 Å². The average Bonchev–Trinajstić information content (AvgIpc) is 3.22. The number of nitrogens with zero attached hydrogens (tertiary/aromatic N) is 4. The Balaban J connectivity index is 1.35. The third kappa shape index (κ3) is 5.48. The Kier molecular flexibility index (Phi) is 8.19. The van der Waals surface area contributed by atoms with Gasteiger partial charge in [-0.1, -0.05) is 66.7 Å². The predicted molar refractivity (Wildman–Crippen MR) is 165 cm³/mol. The molecule has 0 saturated carbocycles. The summed E-state index contributed by atoms with van der Waals surface area (Å²) in [6, 6.07) is 21.6. The number of ether oxygens (including phenoxy) is 2. The van der Waals surface area contributed by atoms with Crippen LogP contribution in [0.25, 0.3) is 6.08 Å². The van der Waals surface area contributed by atoms with Crippen molar-refractivity contribution < 1.29 is 32.3 Å². The number of piperazine rings is 1. The van der Waals surface area contributed by atoms with Gasteiger partial charge in [-0.25, -0.2) is 18.0 Å². The molecule has 234 valence electrons. The molecule has 0 aliphatic carbocycles. The maximum Gasteiger partial charge on any atom is 0.409 e. The molecule has 0 bridgehead atoms. The molecular formula is C33H34N4O7S. The van der Waals surface area contributed by atoms with Crippen LogP contribution >= 0.6 is 0 Å². The lowest BCUT2D eigenvalue weighted by atomic mass is 9.94. The quantitative estimate of drug-likeness (QED) is 0.220. The molecule has 0 radical (unpaired) electrons. The second-order valence-corrected chi connectivity index (χ2v) is 14.1. The highest BCUT2D eigenvalue weighted by Crippen LogP contribution is 2.50. The summed E-state index contributed by atoms with van der Waals surface area (Å²) in [5.41, 5.74) is 1.73.